The van der Waals surface area contributed by atoms with Gasteiger partial charge in [0.25, 0.3) is 0 Å². The number of halogens is 3. The summed E-state index contributed by atoms with van der Waals surface area (Å²) in [6.45, 7) is 3.36. The van der Waals surface area contributed by atoms with Crippen molar-refractivity contribution in [3.05, 3.63) is 35.9 Å². The Hall–Kier alpha value is -1.07. The van der Waals surface area contributed by atoms with E-state index >= 15 is 0 Å². The van der Waals surface area contributed by atoms with E-state index in [0.717, 1.165) is 0 Å². The van der Waals surface area contributed by atoms with Crippen LogP contribution in [-0.4, -0.2) is 23.4 Å². The Kier molecular flexibility index (Phi) is 5.38. The second kappa shape index (κ2) is 6.39. The number of hydrogen-bond acceptors (Lipinski definition) is 2. The van der Waals surface area contributed by atoms with Crippen LogP contribution in [0.4, 0.5) is 13.2 Å². The van der Waals surface area contributed by atoms with E-state index in [4.69, 9.17) is 5.11 Å². The number of hydrogen-bond donors (Lipinski definition) is 2. The molecule has 0 saturated heterocycles. The number of rotatable bonds is 6. The van der Waals surface area contributed by atoms with Gasteiger partial charge in [-0.3, -0.25) is 5.32 Å². The third kappa shape index (κ3) is 4.51. The van der Waals surface area contributed by atoms with E-state index in [0.29, 0.717) is 6.42 Å². The molecule has 0 amide bonds. The summed E-state index contributed by atoms with van der Waals surface area (Å²) in [5.41, 5.74) is -0.558. The van der Waals surface area contributed by atoms with Gasteiger partial charge in [-0.2, -0.15) is 13.2 Å². The minimum absolute atomic E-state index is 0.142. The van der Waals surface area contributed by atoms with Gasteiger partial charge in [0.05, 0.1) is 0 Å². The molecule has 19 heavy (non-hydrogen) atoms. The highest BCUT2D eigenvalue weighted by atomic mass is 19.4. The fourth-order valence-electron chi connectivity index (χ4n) is 1.95. The van der Waals surface area contributed by atoms with Crippen LogP contribution in [0.25, 0.3) is 0 Å². The van der Waals surface area contributed by atoms with Crippen molar-refractivity contribution in [2.24, 2.45) is 0 Å². The minimum Gasteiger partial charge on any atom is -0.396 e. The molecule has 2 atom stereocenters. The number of aliphatic hydroxyl groups excluding tert-OH is 1. The summed E-state index contributed by atoms with van der Waals surface area (Å²) >= 11 is 0. The molecule has 0 aliphatic heterocycles. The van der Waals surface area contributed by atoms with E-state index in [9.17, 15) is 13.2 Å². The standard InChI is InChI=1S/C14H20F3NO/c1-3-13(2,9-10-19)18-12(14(15,16)17)11-7-5-4-6-8-11/h4-8,12,18-19H,3,9-10H2,1-2H3. The Morgan fingerprint density at radius 3 is 2.21 bits per heavy atom. The number of benzene rings is 1. The van der Waals surface area contributed by atoms with E-state index in [1.165, 1.54) is 12.1 Å². The van der Waals surface area contributed by atoms with Crippen molar-refractivity contribution >= 4 is 0 Å². The zero-order valence-corrected chi connectivity index (χ0v) is 11.2. The fraction of sp³-hybridized carbons (Fsp3) is 0.571. The molecule has 0 fully saturated rings. The van der Waals surface area contributed by atoms with Gasteiger partial charge in [-0.15, -0.1) is 0 Å². The summed E-state index contributed by atoms with van der Waals surface area (Å²) in [6.07, 6.45) is -3.58. The first kappa shape index (κ1) is 16.0. The van der Waals surface area contributed by atoms with Crippen LogP contribution in [0.15, 0.2) is 30.3 Å². The quantitative estimate of drug-likeness (QED) is 0.833. The molecule has 0 aliphatic carbocycles. The first-order valence-corrected chi connectivity index (χ1v) is 6.32. The average molecular weight is 275 g/mol. The Morgan fingerprint density at radius 2 is 1.79 bits per heavy atom. The van der Waals surface area contributed by atoms with E-state index in [-0.39, 0.29) is 18.6 Å². The third-order valence-electron chi connectivity index (χ3n) is 3.40. The molecule has 2 N–H and O–H groups in total. The third-order valence-corrected chi connectivity index (χ3v) is 3.40. The van der Waals surface area contributed by atoms with Crippen LogP contribution in [0, 0.1) is 0 Å². The van der Waals surface area contributed by atoms with E-state index in [1.807, 2.05) is 0 Å². The smallest absolute Gasteiger partial charge is 0.396 e. The van der Waals surface area contributed by atoms with Gasteiger partial charge < -0.3 is 5.11 Å². The molecule has 0 heterocycles. The van der Waals surface area contributed by atoms with Crippen LogP contribution in [0.2, 0.25) is 0 Å². The molecular formula is C14H20F3NO. The van der Waals surface area contributed by atoms with Crippen LogP contribution in [0.1, 0.15) is 38.3 Å². The SMILES string of the molecule is CCC(C)(CCO)NC(c1ccccc1)C(F)(F)F. The van der Waals surface area contributed by atoms with Gasteiger partial charge in [0.1, 0.15) is 6.04 Å². The Bertz CT molecular complexity index is 380. The van der Waals surface area contributed by atoms with Crippen LogP contribution in [0.5, 0.6) is 0 Å². The molecule has 0 aromatic heterocycles. The van der Waals surface area contributed by atoms with Gasteiger partial charge in [-0.1, -0.05) is 37.3 Å². The predicted octanol–water partition coefficient (Wildman–Crippen LogP) is 3.43. The zero-order valence-electron chi connectivity index (χ0n) is 11.2. The normalized spacial score (nSPS) is 16.9. The van der Waals surface area contributed by atoms with Crippen molar-refractivity contribution in [3.63, 3.8) is 0 Å². The largest absolute Gasteiger partial charge is 0.407 e. The highest BCUT2D eigenvalue weighted by Crippen LogP contribution is 2.35. The predicted molar refractivity (Wildman–Crippen MR) is 68.8 cm³/mol. The van der Waals surface area contributed by atoms with Crippen LogP contribution in [0.3, 0.4) is 0 Å². The lowest BCUT2D eigenvalue weighted by molar-refractivity contribution is -0.163. The van der Waals surface area contributed by atoms with E-state index < -0.39 is 17.8 Å². The summed E-state index contributed by atoms with van der Waals surface area (Å²) in [5.74, 6) is 0. The van der Waals surface area contributed by atoms with E-state index in [2.05, 4.69) is 5.32 Å². The molecule has 1 aromatic rings. The average Bonchev–Trinajstić information content (AvgIpc) is 2.36. The maximum atomic E-state index is 13.2. The molecule has 0 aliphatic rings. The zero-order chi connectivity index (χ0) is 14.5. The molecule has 0 bridgehead atoms. The Labute approximate surface area is 111 Å². The fourth-order valence-corrected chi connectivity index (χ4v) is 1.95. The van der Waals surface area contributed by atoms with Crippen molar-refractivity contribution in [1.29, 1.82) is 0 Å². The molecule has 0 saturated carbocycles. The summed E-state index contributed by atoms with van der Waals surface area (Å²) in [7, 11) is 0. The van der Waals surface area contributed by atoms with Gasteiger partial charge in [0.2, 0.25) is 0 Å². The first-order chi connectivity index (χ1) is 8.82. The lowest BCUT2D eigenvalue weighted by atomic mass is 9.92. The molecule has 5 heteroatoms. The first-order valence-electron chi connectivity index (χ1n) is 6.32. The highest BCUT2D eigenvalue weighted by molar-refractivity contribution is 5.21. The van der Waals surface area contributed by atoms with Crippen molar-refractivity contribution in [1.82, 2.24) is 5.32 Å². The van der Waals surface area contributed by atoms with Crippen LogP contribution < -0.4 is 5.32 Å². The molecule has 2 nitrogen and oxygen atoms in total. The molecular weight excluding hydrogens is 255 g/mol. The minimum atomic E-state index is -4.37. The van der Waals surface area contributed by atoms with Gasteiger partial charge in [0.15, 0.2) is 0 Å². The van der Waals surface area contributed by atoms with Gasteiger partial charge in [-0.25, -0.2) is 0 Å². The Balaban J connectivity index is 3.00. The Morgan fingerprint density at radius 1 is 1.21 bits per heavy atom. The van der Waals surface area contributed by atoms with Crippen molar-refractivity contribution in [3.8, 4) is 0 Å². The van der Waals surface area contributed by atoms with Crippen molar-refractivity contribution in [2.75, 3.05) is 6.61 Å². The summed E-state index contributed by atoms with van der Waals surface area (Å²) in [4.78, 5) is 0. The second-order valence-electron chi connectivity index (χ2n) is 4.92. The second-order valence-corrected chi connectivity index (χ2v) is 4.92. The van der Waals surface area contributed by atoms with Gasteiger partial charge in [-0.05, 0) is 25.3 Å². The monoisotopic (exact) mass is 275 g/mol. The summed E-state index contributed by atoms with van der Waals surface area (Å²) in [6, 6.07) is 6.06. The molecule has 2 unspecified atom stereocenters. The van der Waals surface area contributed by atoms with Gasteiger partial charge >= 0.3 is 6.18 Å². The topological polar surface area (TPSA) is 32.3 Å². The molecule has 1 rings (SSSR count). The lowest BCUT2D eigenvalue weighted by Crippen LogP contribution is -2.49. The maximum Gasteiger partial charge on any atom is 0.407 e. The van der Waals surface area contributed by atoms with Crippen LogP contribution >= 0.6 is 0 Å². The molecule has 1 aromatic carbocycles. The molecule has 0 radical (unpaired) electrons. The highest BCUT2D eigenvalue weighted by Gasteiger charge is 2.43. The van der Waals surface area contributed by atoms with Crippen molar-refractivity contribution in [2.45, 2.75) is 44.4 Å². The van der Waals surface area contributed by atoms with Gasteiger partial charge in [0, 0.05) is 12.1 Å². The summed E-state index contributed by atoms with van der Waals surface area (Å²) in [5, 5.41) is 11.7. The molecule has 0 spiro atoms. The number of nitrogens with one attached hydrogen (secondary N) is 1. The number of alkyl halides is 3. The lowest BCUT2D eigenvalue weighted by Gasteiger charge is -2.35. The molecule has 108 valence electrons. The van der Waals surface area contributed by atoms with E-state index in [1.54, 1.807) is 32.0 Å². The van der Waals surface area contributed by atoms with Crippen molar-refractivity contribution < 1.29 is 18.3 Å². The maximum absolute atomic E-state index is 13.2. The van der Waals surface area contributed by atoms with Crippen LogP contribution in [-0.2, 0) is 0 Å². The number of aliphatic hydroxyl groups is 1. The summed E-state index contributed by atoms with van der Waals surface area (Å²) < 4.78 is 39.6.